The first-order chi connectivity index (χ1) is 8.92. The molecule has 1 aliphatic carbocycles. The third kappa shape index (κ3) is 0.992. The molecule has 1 saturated carbocycles. The average Bonchev–Trinajstić information content (AvgIpc) is 2.77. The molecule has 0 aromatic rings. The van der Waals surface area contributed by atoms with Gasteiger partial charge in [0, 0.05) is 5.92 Å². The molecular formula is C13H16N4O2. The van der Waals surface area contributed by atoms with Gasteiger partial charge in [-0.25, -0.2) is 4.99 Å². The number of nitriles is 2. The van der Waals surface area contributed by atoms with Crippen LogP contribution in [0.4, 0.5) is 0 Å². The van der Waals surface area contributed by atoms with E-state index in [0.717, 1.165) is 0 Å². The van der Waals surface area contributed by atoms with Crippen LogP contribution < -0.4 is 5.73 Å². The second-order valence-corrected chi connectivity index (χ2v) is 5.88. The molecule has 0 amide bonds. The molecule has 0 unspecified atom stereocenters. The van der Waals surface area contributed by atoms with Crippen LogP contribution in [0.1, 0.15) is 20.8 Å². The third-order valence-corrected chi connectivity index (χ3v) is 4.54. The third-order valence-electron chi connectivity index (χ3n) is 4.54. The van der Waals surface area contributed by atoms with Gasteiger partial charge in [0.05, 0.1) is 24.8 Å². The molecule has 1 saturated heterocycles. The Morgan fingerprint density at radius 1 is 1.42 bits per heavy atom. The highest BCUT2D eigenvalue weighted by molar-refractivity contribution is 5.98. The maximum Gasteiger partial charge on any atom is 0.293 e. The lowest BCUT2D eigenvalue weighted by Crippen LogP contribution is -2.40. The van der Waals surface area contributed by atoms with Crippen LogP contribution >= 0.6 is 0 Å². The molecule has 5 atom stereocenters. The topological polar surface area (TPSA) is 104 Å². The number of amidine groups is 1. The number of nitrogens with zero attached hydrogens (tertiary/aromatic N) is 3. The summed E-state index contributed by atoms with van der Waals surface area (Å²) in [6.45, 7) is 6.15. The van der Waals surface area contributed by atoms with E-state index in [4.69, 9.17) is 15.2 Å². The zero-order valence-electron chi connectivity index (χ0n) is 11.2. The normalized spacial score (nSPS) is 50.7. The largest absolute Gasteiger partial charge is 0.386 e. The Hall–Kier alpha value is -1.63. The van der Waals surface area contributed by atoms with Crippen LogP contribution in [0.3, 0.4) is 0 Å². The zero-order chi connectivity index (χ0) is 14.1. The van der Waals surface area contributed by atoms with Crippen molar-refractivity contribution in [2.24, 2.45) is 33.4 Å². The minimum atomic E-state index is -1.39. The summed E-state index contributed by atoms with van der Waals surface area (Å²) in [5.74, 6) is -1.31. The maximum absolute atomic E-state index is 9.72. The van der Waals surface area contributed by atoms with Crippen molar-refractivity contribution in [3.8, 4) is 12.1 Å². The van der Waals surface area contributed by atoms with Crippen LogP contribution in [0.5, 0.6) is 0 Å². The van der Waals surface area contributed by atoms with Gasteiger partial charge in [-0.3, -0.25) is 0 Å². The van der Waals surface area contributed by atoms with Crippen molar-refractivity contribution in [1.82, 2.24) is 0 Å². The summed E-state index contributed by atoms with van der Waals surface area (Å²) in [6.07, 6.45) is -0.162. The predicted molar refractivity (Wildman–Crippen MR) is 65.3 cm³/mol. The van der Waals surface area contributed by atoms with Gasteiger partial charge in [-0.05, 0) is 12.8 Å². The monoisotopic (exact) mass is 260 g/mol. The number of ether oxygens (including phenoxy) is 2. The Balaban J connectivity index is 2.19. The molecule has 19 heavy (non-hydrogen) atoms. The predicted octanol–water partition coefficient (Wildman–Crippen LogP) is 0.752. The van der Waals surface area contributed by atoms with Crippen molar-refractivity contribution in [2.75, 3.05) is 6.61 Å². The molecular weight excluding hydrogens is 244 g/mol. The second-order valence-electron chi connectivity index (χ2n) is 5.88. The first-order valence-electron chi connectivity index (χ1n) is 6.42. The first kappa shape index (κ1) is 12.4. The van der Waals surface area contributed by atoms with E-state index in [2.05, 4.69) is 17.1 Å². The van der Waals surface area contributed by atoms with E-state index in [1.807, 2.05) is 20.8 Å². The molecule has 6 heteroatoms. The van der Waals surface area contributed by atoms with Gasteiger partial charge in [0.25, 0.3) is 5.91 Å². The van der Waals surface area contributed by atoms with Crippen molar-refractivity contribution in [3.05, 3.63) is 0 Å². The van der Waals surface area contributed by atoms with Gasteiger partial charge < -0.3 is 15.2 Å². The number of fused-ring (bicyclic) bond motifs is 2. The summed E-state index contributed by atoms with van der Waals surface area (Å²) in [4.78, 5) is 4.22. The lowest BCUT2D eigenvalue weighted by Gasteiger charge is -2.27. The van der Waals surface area contributed by atoms with Crippen LogP contribution in [-0.4, -0.2) is 24.5 Å². The van der Waals surface area contributed by atoms with E-state index in [-0.39, 0.29) is 23.8 Å². The number of hydrogen-bond donors (Lipinski definition) is 1. The molecule has 0 aromatic heterocycles. The van der Waals surface area contributed by atoms with Crippen molar-refractivity contribution in [2.45, 2.75) is 32.8 Å². The number of aliphatic imine (C=N–C) groups is 1. The van der Waals surface area contributed by atoms with Gasteiger partial charge in [0.1, 0.15) is 11.3 Å². The van der Waals surface area contributed by atoms with Gasteiger partial charge in [-0.1, -0.05) is 13.8 Å². The number of hydrogen-bond acceptors (Lipinski definition) is 6. The highest BCUT2D eigenvalue weighted by Gasteiger charge is 2.94. The van der Waals surface area contributed by atoms with Crippen molar-refractivity contribution >= 4 is 5.84 Å². The van der Waals surface area contributed by atoms with E-state index < -0.39 is 16.7 Å². The lowest BCUT2D eigenvalue weighted by atomic mass is 9.93. The number of nitrogens with two attached hydrogens (primary N) is 1. The fourth-order valence-corrected chi connectivity index (χ4v) is 3.93. The van der Waals surface area contributed by atoms with Gasteiger partial charge in [0.2, 0.25) is 0 Å². The molecule has 100 valence electrons. The quantitative estimate of drug-likeness (QED) is 0.749. The van der Waals surface area contributed by atoms with Crippen molar-refractivity contribution < 1.29 is 9.47 Å². The molecule has 1 spiro atoms. The zero-order valence-corrected chi connectivity index (χ0v) is 11.2. The molecule has 2 fully saturated rings. The smallest absolute Gasteiger partial charge is 0.293 e. The maximum atomic E-state index is 9.72. The molecule has 0 aromatic carbocycles. The lowest BCUT2D eigenvalue weighted by molar-refractivity contribution is -0.196. The van der Waals surface area contributed by atoms with Crippen LogP contribution in [0.2, 0.25) is 0 Å². The van der Waals surface area contributed by atoms with E-state index in [9.17, 15) is 10.5 Å². The minimum absolute atomic E-state index is 0.119. The Kier molecular flexibility index (Phi) is 2.14. The fraction of sp³-hybridized carbons (Fsp3) is 0.769. The van der Waals surface area contributed by atoms with Crippen molar-refractivity contribution in [3.63, 3.8) is 0 Å². The first-order valence-corrected chi connectivity index (χ1v) is 6.42. The second kappa shape index (κ2) is 3.27. The summed E-state index contributed by atoms with van der Waals surface area (Å²) < 4.78 is 11.4. The summed E-state index contributed by atoms with van der Waals surface area (Å²) in [7, 11) is 0. The minimum Gasteiger partial charge on any atom is -0.386 e. The Bertz CT molecular complexity index is 560. The summed E-state index contributed by atoms with van der Waals surface area (Å²) in [5, 5.41) is 19.3. The van der Waals surface area contributed by atoms with Crippen molar-refractivity contribution in [1.29, 1.82) is 10.5 Å². The van der Waals surface area contributed by atoms with Crippen LogP contribution in [0.15, 0.2) is 4.99 Å². The Labute approximate surface area is 111 Å². The molecule has 0 radical (unpaired) electrons. The number of rotatable bonds is 1. The summed E-state index contributed by atoms with van der Waals surface area (Å²) in [6, 6.07) is 4.47. The van der Waals surface area contributed by atoms with Crippen LogP contribution in [-0.2, 0) is 9.47 Å². The molecule has 2 aliphatic heterocycles. The molecule has 3 rings (SSSR count). The summed E-state index contributed by atoms with van der Waals surface area (Å²) >= 11 is 0. The van der Waals surface area contributed by atoms with Gasteiger partial charge >= 0.3 is 0 Å². The Morgan fingerprint density at radius 3 is 2.47 bits per heavy atom. The summed E-state index contributed by atoms with van der Waals surface area (Å²) in [5.41, 5.74) is 3.79. The Morgan fingerprint density at radius 2 is 2.11 bits per heavy atom. The van der Waals surface area contributed by atoms with Gasteiger partial charge in [-0.15, -0.1) is 0 Å². The van der Waals surface area contributed by atoms with Crippen LogP contribution in [0, 0.1) is 45.3 Å². The highest BCUT2D eigenvalue weighted by Crippen LogP contribution is 2.80. The standard InChI is InChI=1S/C13H16N4O2/c1-7(2)9-11(5-14)10(16)17-13(12(9,11)6-15)18-4-8(3)19-13/h7-9H,4H2,1-3H3,(H2,16,17)/t8-,9-,11-,12-,13+/m1/s1. The van der Waals surface area contributed by atoms with Crippen LogP contribution in [0.25, 0.3) is 0 Å². The SMILES string of the molecule is CC(C)[C@H]1[C@@]2(C#N)[C@]3(N=C(N)[C@@]12C#N)OC[C@@H](C)O3. The fourth-order valence-electron chi connectivity index (χ4n) is 3.93. The molecule has 3 aliphatic rings. The molecule has 0 bridgehead atoms. The molecule has 2 N–H and O–H groups in total. The molecule has 2 heterocycles. The van der Waals surface area contributed by atoms with E-state index in [1.54, 1.807) is 0 Å². The highest BCUT2D eigenvalue weighted by atomic mass is 16.8. The van der Waals surface area contributed by atoms with Gasteiger partial charge in [-0.2, -0.15) is 10.5 Å². The van der Waals surface area contributed by atoms with E-state index in [1.165, 1.54) is 0 Å². The van der Waals surface area contributed by atoms with Gasteiger partial charge in [0.15, 0.2) is 5.41 Å². The molecule has 6 nitrogen and oxygen atoms in total. The van der Waals surface area contributed by atoms with E-state index >= 15 is 0 Å². The average molecular weight is 260 g/mol. The van der Waals surface area contributed by atoms with E-state index in [0.29, 0.717) is 6.61 Å².